The molecule has 0 aliphatic carbocycles. The lowest BCUT2D eigenvalue weighted by Crippen LogP contribution is -2.69. The second-order valence-electron chi connectivity index (χ2n) is 8.07. The number of nitrogens with one attached hydrogen (secondary N) is 2. The number of fused-ring (bicyclic) bond motifs is 1. The Morgan fingerprint density at radius 3 is 2.71 bits per heavy atom. The van der Waals surface area contributed by atoms with Gasteiger partial charge in [0.2, 0.25) is 5.91 Å². The topological polar surface area (TPSA) is 108 Å². The average molecular weight is 386 g/mol. The highest BCUT2D eigenvalue weighted by molar-refractivity contribution is 6.04. The van der Waals surface area contributed by atoms with Crippen molar-refractivity contribution >= 4 is 22.7 Å². The van der Waals surface area contributed by atoms with Crippen molar-refractivity contribution in [2.75, 3.05) is 19.7 Å². The van der Waals surface area contributed by atoms with Crippen LogP contribution in [0.5, 0.6) is 0 Å². The van der Waals surface area contributed by atoms with Gasteiger partial charge in [-0.1, -0.05) is 18.2 Å². The van der Waals surface area contributed by atoms with E-state index in [1.165, 1.54) is 6.92 Å². The standard InChI is InChI=1S/C20H26N4O4/c1-13(25)21-19(2)9-12-28-20(18(19)27)7-10-24(11-8-20)17(26)16-14-5-3-4-6-15(14)22-23-16/h3-6,18,27H,7-12H2,1-2H3,(H,21,25)(H,22,23)/t18-,19+/m0/s1. The summed E-state index contributed by atoms with van der Waals surface area (Å²) in [6, 6.07) is 7.55. The van der Waals surface area contributed by atoms with Gasteiger partial charge in [0.1, 0.15) is 6.10 Å². The molecule has 1 aromatic carbocycles. The Labute approximate surface area is 163 Å². The molecule has 1 spiro atoms. The summed E-state index contributed by atoms with van der Waals surface area (Å²) in [6.45, 7) is 4.71. The first-order valence-electron chi connectivity index (χ1n) is 9.68. The first kappa shape index (κ1) is 18.9. The van der Waals surface area contributed by atoms with Crippen LogP contribution < -0.4 is 5.32 Å². The number of hydrogen-bond acceptors (Lipinski definition) is 5. The molecule has 2 aliphatic heterocycles. The van der Waals surface area contributed by atoms with Crippen LogP contribution in [0.2, 0.25) is 0 Å². The van der Waals surface area contributed by atoms with Crippen LogP contribution in [0.25, 0.3) is 10.9 Å². The van der Waals surface area contributed by atoms with Gasteiger partial charge in [-0.15, -0.1) is 0 Å². The number of H-pyrrole nitrogens is 1. The predicted octanol–water partition coefficient (Wildman–Crippen LogP) is 1.21. The van der Waals surface area contributed by atoms with Crippen molar-refractivity contribution in [3.63, 3.8) is 0 Å². The van der Waals surface area contributed by atoms with Gasteiger partial charge in [0.25, 0.3) is 5.91 Å². The number of rotatable bonds is 2. The number of benzene rings is 1. The molecule has 2 saturated heterocycles. The van der Waals surface area contributed by atoms with Crippen molar-refractivity contribution < 1.29 is 19.4 Å². The average Bonchev–Trinajstić information content (AvgIpc) is 3.10. The monoisotopic (exact) mass is 386 g/mol. The number of aliphatic hydroxyl groups is 1. The molecule has 1 aromatic heterocycles. The van der Waals surface area contributed by atoms with Gasteiger partial charge in [-0.05, 0) is 32.3 Å². The number of piperidine rings is 1. The second-order valence-corrected chi connectivity index (χ2v) is 8.07. The van der Waals surface area contributed by atoms with E-state index in [-0.39, 0.29) is 11.8 Å². The lowest BCUT2D eigenvalue weighted by Gasteiger charge is -2.53. The number of nitrogens with zero attached hydrogens (tertiary/aromatic N) is 2. The van der Waals surface area contributed by atoms with Gasteiger partial charge in [-0.3, -0.25) is 14.7 Å². The van der Waals surface area contributed by atoms with Crippen LogP contribution in [0, 0.1) is 0 Å². The van der Waals surface area contributed by atoms with Crippen LogP contribution in [-0.4, -0.2) is 69.0 Å². The highest BCUT2D eigenvalue weighted by Crippen LogP contribution is 2.40. The molecular formula is C20H26N4O4. The van der Waals surface area contributed by atoms with Gasteiger partial charge in [0, 0.05) is 32.0 Å². The number of aliphatic hydroxyl groups excluding tert-OH is 1. The van der Waals surface area contributed by atoms with Crippen LogP contribution in [0.1, 0.15) is 43.6 Å². The van der Waals surface area contributed by atoms with E-state index in [0.717, 1.165) is 10.9 Å². The molecule has 3 heterocycles. The summed E-state index contributed by atoms with van der Waals surface area (Å²) in [7, 11) is 0. The number of para-hydroxylation sites is 1. The number of carbonyl (C=O) groups excluding carboxylic acids is 2. The molecule has 2 atom stereocenters. The molecule has 8 nitrogen and oxygen atoms in total. The summed E-state index contributed by atoms with van der Waals surface area (Å²) in [5.74, 6) is -0.293. The maximum atomic E-state index is 13.0. The summed E-state index contributed by atoms with van der Waals surface area (Å²) in [5, 5.41) is 21.8. The molecule has 2 aliphatic rings. The molecule has 3 N–H and O–H groups in total. The van der Waals surface area contributed by atoms with Crippen LogP contribution in [0.4, 0.5) is 0 Å². The van der Waals surface area contributed by atoms with E-state index in [1.54, 1.807) is 4.90 Å². The number of hydrogen-bond donors (Lipinski definition) is 3. The van der Waals surface area contributed by atoms with Crippen molar-refractivity contribution in [3.05, 3.63) is 30.0 Å². The maximum absolute atomic E-state index is 13.0. The highest BCUT2D eigenvalue weighted by atomic mass is 16.5. The molecular weight excluding hydrogens is 360 g/mol. The van der Waals surface area contributed by atoms with Gasteiger partial charge in [-0.2, -0.15) is 5.10 Å². The lowest BCUT2D eigenvalue weighted by atomic mass is 9.73. The van der Waals surface area contributed by atoms with Crippen molar-refractivity contribution in [2.24, 2.45) is 0 Å². The fraction of sp³-hybridized carbons (Fsp3) is 0.550. The van der Waals surface area contributed by atoms with E-state index in [0.29, 0.717) is 44.7 Å². The summed E-state index contributed by atoms with van der Waals surface area (Å²) in [5.41, 5.74) is -0.231. The minimum atomic E-state index is -0.832. The quantitative estimate of drug-likeness (QED) is 0.719. The van der Waals surface area contributed by atoms with Gasteiger partial charge < -0.3 is 20.1 Å². The first-order valence-corrected chi connectivity index (χ1v) is 9.68. The minimum Gasteiger partial charge on any atom is -0.388 e. The Balaban J connectivity index is 1.49. The first-order chi connectivity index (χ1) is 13.3. The summed E-state index contributed by atoms with van der Waals surface area (Å²) in [4.78, 5) is 26.3. The summed E-state index contributed by atoms with van der Waals surface area (Å²) in [6.07, 6.45) is 0.743. The number of aromatic amines is 1. The molecule has 150 valence electrons. The minimum absolute atomic E-state index is 0.123. The number of ether oxygens (including phenoxy) is 1. The van der Waals surface area contributed by atoms with Crippen molar-refractivity contribution in [2.45, 2.75) is 50.4 Å². The molecule has 0 unspecified atom stereocenters. The molecule has 0 saturated carbocycles. The molecule has 28 heavy (non-hydrogen) atoms. The third-order valence-corrected chi connectivity index (χ3v) is 6.14. The predicted molar refractivity (Wildman–Crippen MR) is 103 cm³/mol. The van der Waals surface area contributed by atoms with Crippen LogP contribution in [0.15, 0.2) is 24.3 Å². The normalized spacial score (nSPS) is 27.1. The number of amides is 2. The summed E-state index contributed by atoms with van der Waals surface area (Å²) < 4.78 is 6.02. The van der Waals surface area contributed by atoms with Crippen molar-refractivity contribution in [3.8, 4) is 0 Å². The molecule has 0 bridgehead atoms. The third-order valence-electron chi connectivity index (χ3n) is 6.14. The van der Waals surface area contributed by atoms with E-state index < -0.39 is 17.2 Å². The van der Waals surface area contributed by atoms with Crippen molar-refractivity contribution in [1.82, 2.24) is 20.4 Å². The molecule has 2 fully saturated rings. The lowest BCUT2D eigenvalue weighted by molar-refractivity contribution is -0.205. The third kappa shape index (κ3) is 3.06. The van der Waals surface area contributed by atoms with Gasteiger partial charge in [-0.25, -0.2) is 0 Å². The molecule has 8 heteroatoms. The van der Waals surface area contributed by atoms with Gasteiger partial charge in [0.05, 0.1) is 16.7 Å². The van der Waals surface area contributed by atoms with Crippen LogP contribution in [0.3, 0.4) is 0 Å². The van der Waals surface area contributed by atoms with Crippen LogP contribution in [-0.2, 0) is 9.53 Å². The van der Waals surface area contributed by atoms with E-state index in [4.69, 9.17) is 4.74 Å². The Kier molecular flexibility index (Phi) is 4.63. The maximum Gasteiger partial charge on any atom is 0.274 e. The van der Waals surface area contributed by atoms with E-state index in [1.807, 2.05) is 31.2 Å². The van der Waals surface area contributed by atoms with E-state index in [2.05, 4.69) is 15.5 Å². The second kappa shape index (κ2) is 6.86. The fourth-order valence-corrected chi connectivity index (χ4v) is 4.58. The Hall–Kier alpha value is -2.45. The molecule has 2 aromatic rings. The fourth-order valence-electron chi connectivity index (χ4n) is 4.58. The van der Waals surface area contributed by atoms with Gasteiger partial charge >= 0.3 is 0 Å². The summed E-state index contributed by atoms with van der Waals surface area (Å²) >= 11 is 0. The number of carbonyl (C=O) groups is 2. The number of likely N-dealkylation sites (tertiary alicyclic amines) is 1. The smallest absolute Gasteiger partial charge is 0.274 e. The zero-order chi connectivity index (χ0) is 19.9. The van der Waals surface area contributed by atoms with E-state index in [9.17, 15) is 14.7 Å². The SMILES string of the molecule is CC(=O)N[C@]1(C)CCOC2(CCN(C(=O)c3n[nH]c4ccccc34)CC2)[C@H]1O. The van der Waals surface area contributed by atoms with Crippen LogP contribution >= 0.6 is 0 Å². The van der Waals surface area contributed by atoms with E-state index >= 15 is 0 Å². The van der Waals surface area contributed by atoms with Crippen molar-refractivity contribution in [1.29, 1.82) is 0 Å². The largest absolute Gasteiger partial charge is 0.388 e. The molecule has 0 radical (unpaired) electrons. The zero-order valence-electron chi connectivity index (χ0n) is 16.2. The Bertz CT molecular complexity index is 902. The zero-order valence-corrected chi connectivity index (χ0v) is 16.2. The number of aromatic nitrogens is 2. The Morgan fingerprint density at radius 1 is 1.29 bits per heavy atom. The Morgan fingerprint density at radius 2 is 2.00 bits per heavy atom. The highest BCUT2D eigenvalue weighted by Gasteiger charge is 2.54. The molecule has 4 rings (SSSR count). The molecule has 2 amide bonds. The van der Waals surface area contributed by atoms with Gasteiger partial charge in [0.15, 0.2) is 5.69 Å².